The van der Waals surface area contributed by atoms with Crippen LogP contribution in [0.3, 0.4) is 0 Å². The summed E-state index contributed by atoms with van der Waals surface area (Å²) in [5.74, 6) is 1.08. The molecular weight excluding hydrogens is 328 g/mol. The lowest BCUT2D eigenvalue weighted by Crippen LogP contribution is -2.20. The van der Waals surface area contributed by atoms with Crippen molar-refractivity contribution in [3.63, 3.8) is 0 Å². The maximum Gasteiger partial charge on any atom is 0.262 e. The van der Waals surface area contributed by atoms with E-state index in [4.69, 9.17) is 9.15 Å². The number of nitrogens with zero attached hydrogens (tertiary/aromatic N) is 1. The molecule has 0 spiro atoms. The van der Waals surface area contributed by atoms with Gasteiger partial charge in [-0.15, -0.1) is 0 Å². The van der Waals surface area contributed by atoms with Crippen LogP contribution < -0.4 is 10.1 Å². The molecular formula is C21H16N2O3. The van der Waals surface area contributed by atoms with Crippen molar-refractivity contribution in [2.24, 2.45) is 0 Å². The van der Waals surface area contributed by atoms with E-state index in [2.05, 4.69) is 10.3 Å². The number of hydrogen-bond donors (Lipinski definition) is 1. The standard InChI is InChI=1S/C21H16N2O3/c24-21(13-25-19-9-8-15-4-1-2-5-16(15)11-19)23-18-7-3-6-17(10-18)20-12-22-14-26-20/h1-12,14H,13H2,(H,23,24). The Bertz CT molecular complexity index is 1040. The minimum Gasteiger partial charge on any atom is -0.484 e. The minimum atomic E-state index is -0.229. The summed E-state index contributed by atoms with van der Waals surface area (Å²) in [7, 11) is 0. The maximum absolute atomic E-state index is 12.2. The number of nitrogens with one attached hydrogen (secondary N) is 1. The number of fused-ring (bicyclic) bond motifs is 1. The zero-order valence-electron chi connectivity index (χ0n) is 13.9. The van der Waals surface area contributed by atoms with E-state index in [0.717, 1.165) is 16.3 Å². The third-order valence-electron chi connectivity index (χ3n) is 3.95. The number of carbonyl (C=O) groups is 1. The lowest BCUT2D eigenvalue weighted by molar-refractivity contribution is -0.118. The molecule has 5 heteroatoms. The van der Waals surface area contributed by atoms with Crippen molar-refractivity contribution in [3.8, 4) is 17.1 Å². The highest BCUT2D eigenvalue weighted by molar-refractivity contribution is 5.92. The number of carbonyl (C=O) groups excluding carboxylic acids is 1. The van der Waals surface area contributed by atoms with E-state index in [1.165, 1.54) is 6.39 Å². The molecule has 0 aliphatic rings. The summed E-state index contributed by atoms with van der Waals surface area (Å²) in [5, 5.41) is 5.03. The fourth-order valence-electron chi connectivity index (χ4n) is 2.71. The summed E-state index contributed by atoms with van der Waals surface area (Å²) < 4.78 is 10.9. The molecule has 0 saturated carbocycles. The summed E-state index contributed by atoms with van der Waals surface area (Å²) in [4.78, 5) is 16.1. The molecule has 0 aliphatic heterocycles. The number of ether oxygens (including phenoxy) is 1. The molecule has 1 N–H and O–H groups in total. The molecule has 0 aliphatic carbocycles. The van der Waals surface area contributed by atoms with Crippen molar-refractivity contribution in [1.29, 1.82) is 0 Å². The summed E-state index contributed by atoms with van der Waals surface area (Å²) >= 11 is 0. The van der Waals surface area contributed by atoms with Crippen molar-refractivity contribution < 1.29 is 13.9 Å². The number of anilines is 1. The first kappa shape index (κ1) is 15.9. The molecule has 0 unspecified atom stereocenters. The predicted octanol–water partition coefficient (Wildman–Crippen LogP) is 4.51. The molecule has 128 valence electrons. The second-order valence-corrected chi connectivity index (χ2v) is 5.79. The first-order chi connectivity index (χ1) is 12.8. The lowest BCUT2D eigenvalue weighted by atomic mass is 10.1. The Hall–Kier alpha value is -3.60. The van der Waals surface area contributed by atoms with Gasteiger partial charge in [0.15, 0.2) is 18.8 Å². The maximum atomic E-state index is 12.2. The summed E-state index contributed by atoms with van der Waals surface area (Å²) in [6, 6.07) is 21.1. The second-order valence-electron chi connectivity index (χ2n) is 5.79. The monoisotopic (exact) mass is 344 g/mol. The van der Waals surface area contributed by atoms with Gasteiger partial charge in [-0.25, -0.2) is 4.98 Å². The van der Waals surface area contributed by atoms with Gasteiger partial charge in [0.25, 0.3) is 5.91 Å². The molecule has 0 fully saturated rings. The fourth-order valence-corrected chi connectivity index (χ4v) is 2.71. The summed E-state index contributed by atoms with van der Waals surface area (Å²) in [6.45, 7) is -0.0646. The Labute approximate surface area is 150 Å². The molecule has 1 amide bonds. The van der Waals surface area contributed by atoms with Gasteiger partial charge in [-0.1, -0.05) is 42.5 Å². The zero-order chi connectivity index (χ0) is 17.8. The van der Waals surface area contributed by atoms with Gasteiger partial charge in [0.05, 0.1) is 6.20 Å². The van der Waals surface area contributed by atoms with Gasteiger partial charge < -0.3 is 14.5 Å². The number of benzene rings is 3. The van der Waals surface area contributed by atoms with Gasteiger partial charge in [-0.05, 0) is 35.0 Å². The van der Waals surface area contributed by atoms with E-state index >= 15 is 0 Å². The van der Waals surface area contributed by atoms with E-state index in [1.54, 1.807) is 6.20 Å². The highest BCUT2D eigenvalue weighted by Crippen LogP contribution is 2.23. The zero-order valence-corrected chi connectivity index (χ0v) is 13.9. The third-order valence-corrected chi connectivity index (χ3v) is 3.95. The molecule has 4 rings (SSSR count). The number of oxazole rings is 1. The van der Waals surface area contributed by atoms with Gasteiger partial charge in [0.2, 0.25) is 0 Å². The van der Waals surface area contributed by atoms with E-state index in [9.17, 15) is 4.79 Å². The number of amides is 1. The largest absolute Gasteiger partial charge is 0.484 e. The van der Waals surface area contributed by atoms with Crippen LogP contribution in [0.15, 0.2) is 83.7 Å². The average molecular weight is 344 g/mol. The predicted molar refractivity (Wildman–Crippen MR) is 100 cm³/mol. The SMILES string of the molecule is O=C(COc1ccc2ccccc2c1)Nc1cccc(-c2cnco2)c1. The van der Waals surface area contributed by atoms with Gasteiger partial charge in [0.1, 0.15) is 5.75 Å². The molecule has 3 aromatic carbocycles. The Balaban J connectivity index is 1.40. The van der Waals surface area contributed by atoms with E-state index in [1.807, 2.05) is 66.7 Å². The second kappa shape index (κ2) is 7.11. The third kappa shape index (κ3) is 3.57. The molecule has 1 aromatic heterocycles. The van der Waals surface area contributed by atoms with E-state index in [0.29, 0.717) is 17.2 Å². The van der Waals surface area contributed by atoms with Crippen molar-refractivity contribution >= 4 is 22.4 Å². The molecule has 0 saturated heterocycles. The Morgan fingerprint density at radius 2 is 1.88 bits per heavy atom. The normalized spacial score (nSPS) is 10.6. The van der Waals surface area contributed by atoms with Crippen LogP contribution in [0.25, 0.3) is 22.1 Å². The van der Waals surface area contributed by atoms with Gasteiger partial charge in [-0.3, -0.25) is 4.79 Å². The van der Waals surface area contributed by atoms with Crippen LogP contribution in [-0.2, 0) is 4.79 Å². The van der Waals surface area contributed by atoms with Crippen LogP contribution >= 0.6 is 0 Å². The first-order valence-corrected chi connectivity index (χ1v) is 8.18. The highest BCUT2D eigenvalue weighted by atomic mass is 16.5. The Morgan fingerprint density at radius 1 is 1.00 bits per heavy atom. The van der Waals surface area contributed by atoms with Crippen molar-refractivity contribution in [2.75, 3.05) is 11.9 Å². The smallest absolute Gasteiger partial charge is 0.262 e. The fraction of sp³-hybridized carbons (Fsp3) is 0.0476. The van der Waals surface area contributed by atoms with Crippen molar-refractivity contribution in [2.45, 2.75) is 0 Å². The minimum absolute atomic E-state index is 0.0646. The molecule has 0 bridgehead atoms. The van der Waals surface area contributed by atoms with Crippen LogP contribution in [-0.4, -0.2) is 17.5 Å². The highest BCUT2D eigenvalue weighted by Gasteiger charge is 2.07. The van der Waals surface area contributed by atoms with Gasteiger partial charge in [-0.2, -0.15) is 0 Å². The van der Waals surface area contributed by atoms with Crippen LogP contribution in [0.1, 0.15) is 0 Å². The molecule has 26 heavy (non-hydrogen) atoms. The van der Waals surface area contributed by atoms with Crippen molar-refractivity contribution in [3.05, 3.63) is 79.3 Å². The quantitative estimate of drug-likeness (QED) is 0.578. The molecule has 4 aromatic rings. The summed E-state index contributed by atoms with van der Waals surface area (Å²) in [6.07, 6.45) is 3.00. The Kier molecular flexibility index (Phi) is 4.35. The van der Waals surface area contributed by atoms with Gasteiger partial charge in [0, 0.05) is 11.3 Å². The molecule has 5 nitrogen and oxygen atoms in total. The van der Waals surface area contributed by atoms with Crippen molar-refractivity contribution in [1.82, 2.24) is 4.98 Å². The molecule has 0 atom stereocenters. The Morgan fingerprint density at radius 3 is 2.73 bits per heavy atom. The van der Waals surface area contributed by atoms with Crippen LogP contribution in [0, 0.1) is 0 Å². The van der Waals surface area contributed by atoms with E-state index in [-0.39, 0.29) is 12.5 Å². The number of hydrogen-bond acceptors (Lipinski definition) is 4. The topological polar surface area (TPSA) is 64.4 Å². The molecule has 0 radical (unpaired) electrons. The van der Waals surface area contributed by atoms with Crippen LogP contribution in [0.5, 0.6) is 5.75 Å². The first-order valence-electron chi connectivity index (χ1n) is 8.18. The van der Waals surface area contributed by atoms with Crippen LogP contribution in [0.2, 0.25) is 0 Å². The van der Waals surface area contributed by atoms with E-state index < -0.39 is 0 Å². The lowest BCUT2D eigenvalue weighted by Gasteiger charge is -2.09. The number of rotatable bonds is 5. The number of aromatic nitrogens is 1. The average Bonchev–Trinajstić information content (AvgIpc) is 3.21. The molecule has 1 heterocycles. The van der Waals surface area contributed by atoms with Gasteiger partial charge >= 0.3 is 0 Å². The summed E-state index contributed by atoms with van der Waals surface area (Å²) in [5.41, 5.74) is 1.52. The van der Waals surface area contributed by atoms with Crippen LogP contribution in [0.4, 0.5) is 5.69 Å².